The number of carbonyl (C=O) groups excluding carboxylic acids is 2. The normalized spacial score (nSPS) is 12.8. The average molecular weight is 635 g/mol. The number of carbonyl (C=O) groups is 2. The number of methoxy groups -OCH3 is 1. The van der Waals surface area contributed by atoms with E-state index in [-0.39, 0.29) is 31.0 Å². The molecule has 3 aromatic carbocycles. The molecule has 234 valence electrons. The van der Waals surface area contributed by atoms with Crippen molar-refractivity contribution in [3.05, 3.63) is 105 Å². The van der Waals surface area contributed by atoms with Gasteiger partial charge in [-0.05, 0) is 66.4 Å². The molecule has 3 rings (SSSR count). The van der Waals surface area contributed by atoms with E-state index in [1.807, 2.05) is 6.92 Å². The van der Waals surface area contributed by atoms with E-state index in [9.17, 15) is 31.2 Å². The molecule has 0 aliphatic carbocycles. The zero-order valence-electron chi connectivity index (χ0n) is 23.7. The van der Waals surface area contributed by atoms with Crippen molar-refractivity contribution in [1.29, 1.82) is 0 Å². The Morgan fingerprint density at radius 2 is 1.52 bits per heavy atom. The molecule has 15 heteroatoms. The van der Waals surface area contributed by atoms with Gasteiger partial charge in [0.25, 0.3) is 10.1 Å². The Morgan fingerprint density at radius 1 is 0.932 bits per heavy atom. The molecule has 0 radical (unpaired) electrons. The summed E-state index contributed by atoms with van der Waals surface area (Å²) in [4.78, 5) is 28.0. The standard InChI is InChI=1S/C29H29F3N4O7S/c1-19-3-13-24(14-4-19)44(39,40)43-16-15-42-23-11-7-21(8-12-23)17-25(35-36-33)27(37)34-26(28(38)41-2)18-20-5-9-22(10-6-20)29(30,31)32/h3-14,25-26H,15-18H2,1-2H3,(H,34,37)/t25-,26?/m0/s1. The molecule has 1 amide bonds. The SMILES string of the molecule is COC(=O)C(Cc1ccc(C(F)(F)F)cc1)NC(=O)[C@H](Cc1ccc(OCCOS(=O)(=O)c2ccc(C)cc2)cc1)N=[N+]=[N-]. The second-order valence-electron chi connectivity index (χ2n) is 9.49. The molecule has 11 nitrogen and oxygen atoms in total. The van der Waals surface area contributed by atoms with E-state index >= 15 is 0 Å². The smallest absolute Gasteiger partial charge is 0.416 e. The number of azide groups is 1. The zero-order chi connectivity index (χ0) is 32.3. The second-order valence-corrected chi connectivity index (χ2v) is 11.1. The summed E-state index contributed by atoms with van der Waals surface area (Å²) >= 11 is 0. The van der Waals surface area contributed by atoms with Gasteiger partial charge >= 0.3 is 12.1 Å². The van der Waals surface area contributed by atoms with Gasteiger partial charge in [-0.1, -0.05) is 47.1 Å². The third-order valence-electron chi connectivity index (χ3n) is 6.27. The molecule has 0 saturated carbocycles. The largest absolute Gasteiger partial charge is 0.491 e. The highest BCUT2D eigenvalue weighted by Gasteiger charge is 2.31. The maximum atomic E-state index is 13.0. The van der Waals surface area contributed by atoms with E-state index in [1.54, 1.807) is 36.4 Å². The highest BCUT2D eigenvalue weighted by Crippen LogP contribution is 2.29. The van der Waals surface area contributed by atoms with Crippen LogP contribution in [0.2, 0.25) is 0 Å². The van der Waals surface area contributed by atoms with Crippen LogP contribution in [0, 0.1) is 6.92 Å². The van der Waals surface area contributed by atoms with Gasteiger partial charge in [0.05, 0.1) is 17.6 Å². The zero-order valence-corrected chi connectivity index (χ0v) is 24.5. The number of rotatable bonds is 14. The van der Waals surface area contributed by atoms with Crippen molar-refractivity contribution in [3.8, 4) is 5.75 Å². The molecule has 2 atom stereocenters. The summed E-state index contributed by atoms with van der Waals surface area (Å²) in [7, 11) is -2.84. The number of esters is 1. The minimum atomic E-state index is -4.53. The molecule has 0 bridgehead atoms. The number of aryl methyl sites for hydroxylation is 1. The quantitative estimate of drug-likeness (QED) is 0.0659. The summed E-state index contributed by atoms with van der Waals surface area (Å²) < 4.78 is 78.4. The summed E-state index contributed by atoms with van der Waals surface area (Å²) in [6, 6.07) is 14.1. The fourth-order valence-electron chi connectivity index (χ4n) is 3.94. The first kappa shape index (κ1) is 33.9. The van der Waals surface area contributed by atoms with E-state index in [4.69, 9.17) is 19.2 Å². The number of benzene rings is 3. The molecule has 0 saturated heterocycles. The Kier molecular flexibility index (Phi) is 11.7. The third-order valence-corrected chi connectivity index (χ3v) is 7.60. The van der Waals surface area contributed by atoms with Crippen LogP contribution in [0.15, 0.2) is 82.8 Å². The van der Waals surface area contributed by atoms with Crippen molar-refractivity contribution in [1.82, 2.24) is 5.32 Å². The van der Waals surface area contributed by atoms with Crippen molar-refractivity contribution >= 4 is 22.0 Å². The predicted molar refractivity (Wildman–Crippen MR) is 152 cm³/mol. The number of halogens is 3. The number of ether oxygens (including phenoxy) is 2. The number of nitrogens with one attached hydrogen (secondary N) is 1. The molecule has 0 aliphatic rings. The third kappa shape index (κ3) is 10.0. The van der Waals surface area contributed by atoms with Crippen molar-refractivity contribution < 1.29 is 44.8 Å². The molecule has 0 aromatic heterocycles. The average Bonchev–Trinajstić information content (AvgIpc) is 2.99. The number of nitrogens with zero attached hydrogens (tertiary/aromatic N) is 3. The highest BCUT2D eigenvalue weighted by atomic mass is 32.2. The molecule has 3 aromatic rings. The van der Waals surface area contributed by atoms with E-state index in [2.05, 4.69) is 15.3 Å². The molecule has 44 heavy (non-hydrogen) atoms. The van der Waals surface area contributed by atoms with Crippen LogP contribution < -0.4 is 10.1 Å². The molecule has 0 heterocycles. The molecule has 1 unspecified atom stereocenters. The monoisotopic (exact) mass is 634 g/mol. The Hall–Kier alpha value is -4.59. The minimum Gasteiger partial charge on any atom is -0.491 e. The maximum Gasteiger partial charge on any atom is 0.416 e. The number of hydrogen-bond acceptors (Lipinski definition) is 8. The Balaban J connectivity index is 1.57. The van der Waals surface area contributed by atoms with Crippen LogP contribution in [-0.2, 0) is 47.6 Å². The predicted octanol–water partition coefficient (Wildman–Crippen LogP) is 4.92. The lowest BCUT2D eigenvalue weighted by molar-refractivity contribution is -0.145. The number of amides is 1. The molecule has 1 N–H and O–H groups in total. The van der Waals surface area contributed by atoms with Crippen LogP contribution in [0.5, 0.6) is 5.75 Å². The summed E-state index contributed by atoms with van der Waals surface area (Å²) in [6.45, 7) is 1.53. The fourth-order valence-corrected chi connectivity index (χ4v) is 4.83. The molecule has 0 spiro atoms. The van der Waals surface area contributed by atoms with Crippen LogP contribution in [0.25, 0.3) is 10.4 Å². The first-order valence-corrected chi connectivity index (χ1v) is 14.5. The first-order chi connectivity index (χ1) is 20.8. The number of hydrogen-bond donors (Lipinski definition) is 1. The minimum absolute atomic E-state index is 0.0311. The summed E-state index contributed by atoms with van der Waals surface area (Å²) in [5.41, 5.74) is 9.96. The Bertz CT molecular complexity index is 1580. The Labute approximate surface area is 251 Å². The van der Waals surface area contributed by atoms with E-state index < -0.39 is 45.8 Å². The summed E-state index contributed by atoms with van der Waals surface area (Å²) in [5, 5.41) is 5.98. The first-order valence-electron chi connectivity index (χ1n) is 13.1. The van der Waals surface area contributed by atoms with E-state index in [1.165, 1.54) is 24.3 Å². The molecule has 0 aliphatic heterocycles. The van der Waals surface area contributed by atoms with Crippen molar-refractivity contribution in [2.24, 2.45) is 5.11 Å². The van der Waals surface area contributed by atoms with E-state index in [0.29, 0.717) is 16.9 Å². The van der Waals surface area contributed by atoms with E-state index in [0.717, 1.165) is 24.8 Å². The second kappa shape index (κ2) is 15.2. The summed E-state index contributed by atoms with van der Waals surface area (Å²) in [5.74, 6) is -1.25. The molecule has 0 fully saturated rings. The van der Waals surface area contributed by atoms with Gasteiger partial charge in [-0.25, -0.2) is 4.79 Å². The van der Waals surface area contributed by atoms with Crippen LogP contribution >= 0.6 is 0 Å². The van der Waals surface area contributed by atoms with Gasteiger partial charge < -0.3 is 14.8 Å². The van der Waals surface area contributed by atoms with Gasteiger partial charge in [-0.15, -0.1) is 0 Å². The van der Waals surface area contributed by atoms with Gasteiger partial charge in [-0.3, -0.25) is 8.98 Å². The molecular weight excluding hydrogens is 605 g/mol. The van der Waals surface area contributed by atoms with Crippen molar-refractivity contribution in [3.63, 3.8) is 0 Å². The van der Waals surface area contributed by atoms with Gasteiger partial charge in [0, 0.05) is 11.3 Å². The van der Waals surface area contributed by atoms with Crippen LogP contribution in [0.1, 0.15) is 22.3 Å². The van der Waals surface area contributed by atoms with Crippen LogP contribution in [0.4, 0.5) is 13.2 Å². The Morgan fingerprint density at radius 3 is 2.09 bits per heavy atom. The van der Waals surface area contributed by atoms with Gasteiger partial charge in [0.1, 0.15) is 31.0 Å². The van der Waals surface area contributed by atoms with Gasteiger partial charge in [0.15, 0.2) is 0 Å². The van der Waals surface area contributed by atoms with Crippen molar-refractivity contribution in [2.75, 3.05) is 20.3 Å². The lowest BCUT2D eigenvalue weighted by Crippen LogP contribution is -2.47. The van der Waals surface area contributed by atoms with Crippen LogP contribution in [-0.4, -0.2) is 52.7 Å². The van der Waals surface area contributed by atoms with Gasteiger partial charge in [-0.2, -0.15) is 21.6 Å². The fraction of sp³-hybridized carbons (Fsp3) is 0.310. The maximum absolute atomic E-state index is 13.0. The van der Waals surface area contributed by atoms with Crippen molar-refractivity contribution in [2.45, 2.75) is 42.9 Å². The van der Waals surface area contributed by atoms with Crippen LogP contribution in [0.3, 0.4) is 0 Å². The summed E-state index contributed by atoms with van der Waals surface area (Å²) in [6.07, 6.45) is -4.75. The highest BCUT2D eigenvalue weighted by molar-refractivity contribution is 7.86. The lowest BCUT2D eigenvalue weighted by atomic mass is 10.0. The number of alkyl halides is 3. The molecular formula is C29H29F3N4O7S. The van der Waals surface area contributed by atoms with Gasteiger partial charge in [0.2, 0.25) is 5.91 Å². The lowest BCUT2D eigenvalue weighted by Gasteiger charge is -2.19. The topological polar surface area (TPSA) is 157 Å².